The summed E-state index contributed by atoms with van der Waals surface area (Å²) in [5.74, 6) is 0.755. The highest BCUT2D eigenvalue weighted by molar-refractivity contribution is 6.34. The van der Waals surface area contributed by atoms with Crippen molar-refractivity contribution >= 4 is 28.2 Å². The Balaban J connectivity index is 1.70. The molecule has 1 fully saturated rings. The van der Waals surface area contributed by atoms with Crippen molar-refractivity contribution < 1.29 is 9.47 Å². The lowest BCUT2D eigenvalue weighted by molar-refractivity contribution is -0.00521. The van der Waals surface area contributed by atoms with Crippen LogP contribution in [0.2, 0.25) is 5.15 Å². The van der Waals surface area contributed by atoms with E-state index in [1.807, 2.05) is 6.07 Å². The van der Waals surface area contributed by atoms with E-state index in [9.17, 15) is 0 Å². The van der Waals surface area contributed by atoms with Crippen LogP contribution in [-0.2, 0) is 4.74 Å². The summed E-state index contributed by atoms with van der Waals surface area (Å²) in [5, 5.41) is 1.23. The van der Waals surface area contributed by atoms with Gasteiger partial charge in [0.1, 0.15) is 11.3 Å². The van der Waals surface area contributed by atoms with Gasteiger partial charge in [-0.05, 0) is 37.6 Å². The molecule has 4 rings (SSSR count). The molecule has 5 nitrogen and oxygen atoms in total. The van der Waals surface area contributed by atoms with Gasteiger partial charge in [-0.25, -0.2) is 4.98 Å². The molecule has 1 aliphatic heterocycles. The van der Waals surface area contributed by atoms with E-state index in [2.05, 4.69) is 53.0 Å². The zero-order valence-corrected chi connectivity index (χ0v) is 16.4. The zero-order valence-electron chi connectivity index (χ0n) is 15.6. The molecule has 1 saturated heterocycles. The Morgan fingerprint density at radius 2 is 1.78 bits per heavy atom. The van der Waals surface area contributed by atoms with Gasteiger partial charge >= 0.3 is 0 Å². The number of benzene rings is 1. The van der Waals surface area contributed by atoms with Crippen molar-refractivity contribution in [2.24, 2.45) is 0 Å². The second-order valence-electron chi connectivity index (χ2n) is 6.91. The van der Waals surface area contributed by atoms with E-state index in [4.69, 9.17) is 21.1 Å². The Morgan fingerprint density at radius 3 is 2.44 bits per heavy atom. The smallest absolute Gasteiger partial charge is 0.155 e. The lowest BCUT2D eigenvalue weighted by atomic mass is 10.0. The number of fused-ring (bicyclic) bond motifs is 1. The summed E-state index contributed by atoms with van der Waals surface area (Å²) in [7, 11) is 1.66. The Morgan fingerprint density at radius 1 is 1.07 bits per heavy atom. The maximum Gasteiger partial charge on any atom is 0.155 e. The number of anilines is 1. The predicted octanol–water partition coefficient (Wildman–Crippen LogP) is 4.57. The topological polar surface area (TPSA) is 47.5 Å². The number of hydrogen-bond donors (Lipinski definition) is 0. The summed E-state index contributed by atoms with van der Waals surface area (Å²) in [5.41, 5.74) is 3.82. The summed E-state index contributed by atoms with van der Waals surface area (Å²) < 4.78 is 11.5. The standard InChI is InChI=1S/C21H22ClN3O2/c1-13-11-25(12-14(2)27-13)16-6-4-15(5-7-16)18-10-24-19-17(20(18)26-3)8-9-23-21(19)22/h4-10,13-14H,11-12H2,1-3H3/t13-,14+. The van der Waals surface area contributed by atoms with Gasteiger partial charge in [-0.15, -0.1) is 0 Å². The molecule has 3 aromatic rings. The third kappa shape index (κ3) is 3.45. The summed E-state index contributed by atoms with van der Waals surface area (Å²) in [6.07, 6.45) is 3.93. The number of morpholine rings is 1. The van der Waals surface area contributed by atoms with Gasteiger partial charge in [0.05, 0.1) is 19.3 Å². The van der Waals surface area contributed by atoms with Crippen LogP contribution < -0.4 is 9.64 Å². The molecular weight excluding hydrogens is 362 g/mol. The first kappa shape index (κ1) is 18.0. The van der Waals surface area contributed by atoms with Crippen molar-refractivity contribution in [3.8, 4) is 16.9 Å². The van der Waals surface area contributed by atoms with Gasteiger partial charge in [0.25, 0.3) is 0 Å². The highest BCUT2D eigenvalue weighted by Crippen LogP contribution is 2.37. The normalized spacial score (nSPS) is 20.1. The van der Waals surface area contributed by atoms with Gasteiger partial charge < -0.3 is 14.4 Å². The summed E-state index contributed by atoms with van der Waals surface area (Å²) >= 11 is 6.17. The molecule has 1 aliphatic rings. The molecule has 27 heavy (non-hydrogen) atoms. The van der Waals surface area contributed by atoms with Gasteiger partial charge in [0.2, 0.25) is 0 Å². The van der Waals surface area contributed by atoms with E-state index in [1.54, 1.807) is 19.5 Å². The van der Waals surface area contributed by atoms with E-state index in [0.717, 1.165) is 35.4 Å². The first-order valence-electron chi connectivity index (χ1n) is 9.05. The van der Waals surface area contributed by atoms with Crippen LogP contribution in [0.1, 0.15) is 13.8 Å². The second kappa shape index (κ2) is 7.33. The van der Waals surface area contributed by atoms with E-state index < -0.39 is 0 Å². The first-order chi connectivity index (χ1) is 13.1. The van der Waals surface area contributed by atoms with Gasteiger partial charge in [0.15, 0.2) is 5.15 Å². The van der Waals surface area contributed by atoms with E-state index in [-0.39, 0.29) is 12.2 Å². The van der Waals surface area contributed by atoms with Crippen LogP contribution in [0, 0.1) is 0 Å². The second-order valence-corrected chi connectivity index (χ2v) is 7.27. The van der Waals surface area contributed by atoms with Crippen molar-refractivity contribution in [2.75, 3.05) is 25.1 Å². The third-order valence-corrected chi connectivity index (χ3v) is 5.14. The van der Waals surface area contributed by atoms with Crippen LogP contribution in [0.15, 0.2) is 42.7 Å². The molecule has 2 aromatic heterocycles. The van der Waals surface area contributed by atoms with Gasteiger partial charge in [0, 0.05) is 42.1 Å². The number of methoxy groups -OCH3 is 1. The lowest BCUT2D eigenvalue weighted by Gasteiger charge is -2.36. The highest BCUT2D eigenvalue weighted by Gasteiger charge is 2.22. The minimum Gasteiger partial charge on any atom is -0.495 e. The molecule has 0 bridgehead atoms. The van der Waals surface area contributed by atoms with Crippen LogP contribution in [0.25, 0.3) is 22.0 Å². The van der Waals surface area contributed by atoms with Crippen molar-refractivity contribution in [2.45, 2.75) is 26.1 Å². The van der Waals surface area contributed by atoms with Gasteiger partial charge in [-0.1, -0.05) is 23.7 Å². The fourth-order valence-corrected chi connectivity index (χ4v) is 3.94. The Bertz CT molecular complexity index is 952. The molecule has 140 valence electrons. The molecule has 0 saturated carbocycles. The molecule has 0 N–H and O–H groups in total. The summed E-state index contributed by atoms with van der Waals surface area (Å²) in [6.45, 7) is 6.03. The minimum atomic E-state index is 0.233. The Labute approximate surface area is 163 Å². The fraction of sp³-hybridized carbons (Fsp3) is 0.333. The molecule has 0 amide bonds. The molecule has 3 heterocycles. The molecule has 0 unspecified atom stereocenters. The fourth-order valence-electron chi connectivity index (χ4n) is 3.73. The van der Waals surface area contributed by atoms with Crippen LogP contribution in [0.4, 0.5) is 5.69 Å². The number of hydrogen-bond acceptors (Lipinski definition) is 5. The predicted molar refractivity (Wildman–Crippen MR) is 109 cm³/mol. The number of aromatic nitrogens is 2. The molecule has 2 atom stereocenters. The molecule has 6 heteroatoms. The average molecular weight is 384 g/mol. The average Bonchev–Trinajstić information content (AvgIpc) is 2.67. The lowest BCUT2D eigenvalue weighted by Crippen LogP contribution is -2.45. The molecule has 0 spiro atoms. The number of halogens is 1. The van der Waals surface area contributed by atoms with Crippen molar-refractivity contribution in [1.29, 1.82) is 0 Å². The molecular formula is C21H22ClN3O2. The van der Waals surface area contributed by atoms with Gasteiger partial charge in [-0.2, -0.15) is 0 Å². The minimum absolute atomic E-state index is 0.233. The number of ether oxygens (including phenoxy) is 2. The molecule has 0 aliphatic carbocycles. The van der Waals surface area contributed by atoms with E-state index >= 15 is 0 Å². The number of rotatable bonds is 3. The molecule has 0 radical (unpaired) electrons. The van der Waals surface area contributed by atoms with Crippen molar-refractivity contribution in [1.82, 2.24) is 9.97 Å². The van der Waals surface area contributed by atoms with Crippen molar-refractivity contribution in [3.63, 3.8) is 0 Å². The first-order valence-corrected chi connectivity index (χ1v) is 9.42. The summed E-state index contributed by atoms with van der Waals surface area (Å²) in [6, 6.07) is 10.4. The monoisotopic (exact) mass is 383 g/mol. The van der Waals surface area contributed by atoms with Crippen LogP contribution in [-0.4, -0.2) is 42.4 Å². The van der Waals surface area contributed by atoms with Crippen LogP contribution in [0.3, 0.4) is 0 Å². The third-order valence-electron chi connectivity index (χ3n) is 4.86. The maximum atomic E-state index is 6.17. The SMILES string of the molecule is COc1c(-c2ccc(N3C[C@@H](C)O[C@@H](C)C3)cc2)cnc2c(Cl)nccc12. The van der Waals surface area contributed by atoms with Gasteiger partial charge in [-0.3, -0.25) is 4.98 Å². The van der Waals surface area contributed by atoms with E-state index in [1.165, 1.54) is 5.69 Å². The zero-order chi connectivity index (χ0) is 19.0. The number of pyridine rings is 2. The van der Waals surface area contributed by atoms with Crippen molar-refractivity contribution in [3.05, 3.63) is 47.9 Å². The van der Waals surface area contributed by atoms with Crippen LogP contribution >= 0.6 is 11.6 Å². The molecule has 1 aromatic carbocycles. The largest absolute Gasteiger partial charge is 0.495 e. The highest BCUT2D eigenvalue weighted by atomic mass is 35.5. The summed E-state index contributed by atoms with van der Waals surface area (Å²) in [4.78, 5) is 11.0. The Hall–Kier alpha value is -2.37. The Kier molecular flexibility index (Phi) is 4.89. The van der Waals surface area contributed by atoms with E-state index in [0.29, 0.717) is 10.7 Å². The maximum absolute atomic E-state index is 6.17. The number of nitrogens with zero attached hydrogens (tertiary/aromatic N) is 3. The van der Waals surface area contributed by atoms with Crippen LogP contribution in [0.5, 0.6) is 5.75 Å². The quantitative estimate of drug-likeness (QED) is 0.620.